The summed E-state index contributed by atoms with van der Waals surface area (Å²) in [6, 6.07) is 66.7. The highest BCUT2D eigenvalue weighted by atomic mass is 14.9. The van der Waals surface area contributed by atoms with Crippen molar-refractivity contribution < 1.29 is 0 Å². The second-order valence-electron chi connectivity index (χ2n) is 13.7. The molecule has 0 amide bonds. The predicted octanol–water partition coefficient (Wildman–Crippen LogP) is 13.3. The minimum Gasteiger partial charge on any atom is -0.264 e. The number of benzene rings is 8. The molecule has 0 radical (unpaired) electrons. The Morgan fingerprint density at radius 3 is 1.52 bits per heavy atom. The van der Waals surface area contributed by atoms with E-state index in [0.717, 1.165) is 44.8 Å². The summed E-state index contributed by atoms with van der Waals surface area (Å²) in [5.74, 6) is 0.688. The standard InChI is InChI=1S/C51H33N3/c1-3-13-43-35(9-1)11-7-17-44(43)36-22-28-40(29-23-36)51-53-49(38-24-18-34(19-25-38)42-12-8-30-52-33-42)32-50(54-51)39-26-20-37(21-27-39)48-31-41-10-2-4-14-45(41)46-15-5-6-16-47(46)48/h1-33H. The lowest BCUT2D eigenvalue weighted by molar-refractivity contribution is 1.18. The van der Waals surface area contributed by atoms with Crippen LogP contribution in [0.4, 0.5) is 0 Å². The molecule has 2 heterocycles. The average Bonchev–Trinajstić information content (AvgIpc) is 3.26. The molecule has 0 aliphatic rings. The number of pyridine rings is 1. The largest absolute Gasteiger partial charge is 0.264 e. The molecule has 0 bridgehead atoms. The van der Waals surface area contributed by atoms with Crippen molar-refractivity contribution in [1.29, 1.82) is 0 Å². The summed E-state index contributed by atoms with van der Waals surface area (Å²) in [6.07, 6.45) is 3.69. The molecule has 10 aromatic rings. The summed E-state index contributed by atoms with van der Waals surface area (Å²) in [5.41, 5.74) is 11.7. The number of nitrogens with zero attached hydrogens (tertiary/aromatic N) is 3. The zero-order chi connectivity index (χ0) is 35.8. The molecule has 0 saturated heterocycles. The number of aromatic nitrogens is 3. The van der Waals surface area contributed by atoms with E-state index in [9.17, 15) is 0 Å². The Morgan fingerprint density at radius 1 is 0.296 bits per heavy atom. The highest BCUT2D eigenvalue weighted by Gasteiger charge is 2.14. The molecule has 2 aromatic heterocycles. The molecule has 0 saturated carbocycles. The Bertz CT molecular complexity index is 2950. The third-order valence-corrected chi connectivity index (χ3v) is 10.4. The zero-order valence-electron chi connectivity index (χ0n) is 29.4. The Labute approximate surface area is 313 Å². The molecule has 0 aliphatic carbocycles. The molecular weight excluding hydrogens is 655 g/mol. The minimum atomic E-state index is 0.688. The van der Waals surface area contributed by atoms with Gasteiger partial charge in [0, 0.05) is 29.1 Å². The van der Waals surface area contributed by atoms with Gasteiger partial charge in [-0.25, -0.2) is 9.97 Å². The number of rotatable bonds is 6. The van der Waals surface area contributed by atoms with E-state index in [1.807, 2.05) is 12.3 Å². The summed E-state index contributed by atoms with van der Waals surface area (Å²) in [6.45, 7) is 0. The predicted molar refractivity (Wildman–Crippen MR) is 225 cm³/mol. The first-order valence-corrected chi connectivity index (χ1v) is 18.2. The maximum atomic E-state index is 5.19. The number of fused-ring (bicyclic) bond motifs is 4. The maximum absolute atomic E-state index is 5.19. The topological polar surface area (TPSA) is 38.7 Å². The summed E-state index contributed by atoms with van der Waals surface area (Å²) in [7, 11) is 0. The molecule has 0 atom stereocenters. The lowest BCUT2D eigenvalue weighted by Crippen LogP contribution is -1.96. The van der Waals surface area contributed by atoms with Gasteiger partial charge in [0.15, 0.2) is 5.82 Å². The van der Waals surface area contributed by atoms with Gasteiger partial charge in [0.1, 0.15) is 0 Å². The minimum absolute atomic E-state index is 0.688. The van der Waals surface area contributed by atoms with E-state index in [-0.39, 0.29) is 0 Å². The van der Waals surface area contributed by atoms with Gasteiger partial charge in [-0.05, 0) is 83.9 Å². The summed E-state index contributed by atoms with van der Waals surface area (Å²) >= 11 is 0. The Morgan fingerprint density at radius 2 is 0.833 bits per heavy atom. The molecule has 10 rings (SSSR count). The van der Waals surface area contributed by atoms with E-state index in [2.05, 4.69) is 187 Å². The fraction of sp³-hybridized carbons (Fsp3) is 0. The Kier molecular flexibility index (Phi) is 7.81. The monoisotopic (exact) mass is 687 g/mol. The second kappa shape index (κ2) is 13.4. The second-order valence-corrected chi connectivity index (χ2v) is 13.7. The third kappa shape index (κ3) is 5.78. The van der Waals surface area contributed by atoms with Crippen LogP contribution in [-0.4, -0.2) is 15.0 Å². The van der Waals surface area contributed by atoms with E-state index in [0.29, 0.717) is 5.82 Å². The van der Waals surface area contributed by atoms with Crippen molar-refractivity contribution in [3.8, 4) is 67.3 Å². The normalized spacial score (nSPS) is 11.3. The molecule has 3 nitrogen and oxygen atoms in total. The van der Waals surface area contributed by atoms with E-state index < -0.39 is 0 Å². The van der Waals surface area contributed by atoms with Crippen molar-refractivity contribution in [3.63, 3.8) is 0 Å². The van der Waals surface area contributed by atoms with Crippen molar-refractivity contribution in [1.82, 2.24) is 15.0 Å². The van der Waals surface area contributed by atoms with Gasteiger partial charge in [-0.2, -0.15) is 0 Å². The molecule has 0 aliphatic heterocycles. The number of hydrogen-bond donors (Lipinski definition) is 0. The molecule has 0 N–H and O–H groups in total. The highest BCUT2D eigenvalue weighted by Crippen LogP contribution is 2.37. The molecule has 3 heteroatoms. The van der Waals surface area contributed by atoms with Crippen molar-refractivity contribution in [2.24, 2.45) is 0 Å². The summed E-state index contributed by atoms with van der Waals surface area (Å²) in [4.78, 5) is 14.7. The van der Waals surface area contributed by atoms with Crippen molar-refractivity contribution in [2.45, 2.75) is 0 Å². The molecular formula is C51H33N3. The van der Waals surface area contributed by atoms with Crippen molar-refractivity contribution >= 4 is 32.3 Å². The molecule has 0 unspecified atom stereocenters. The van der Waals surface area contributed by atoms with Crippen molar-refractivity contribution in [2.75, 3.05) is 0 Å². The van der Waals surface area contributed by atoms with Crippen LogP contribution >= 0.6 is 0 Å². The van der Waals surface area contributed by atoms with Crippen LogP contribution in [0.3, 0.4) is 0 Å². The van der Waals surface area contributed by atoms with Gasteiger partial charge in [-0.3, -0.25) is 4.98 Å². The van der Waals surface area contributed by atoms with E-state index in [1.165, 1.54) is 49.0 Å². The first kappa shape index (κ1) is 31.5. The highest BCUT2D eigenvalue weighted by molar-refractivity contribution is 6.13. The van der Waals surface area contributed by atoms with Gasteiger partial charge >= 0.3 is 0 Å². The van der Waals surface area contributed by atoms with E-state index >= 15 is 0 Å². The van der Waals surface area contributed by atoms with Gasteiger partial charge in [-0.15, -0.1) is 0 Å². The van der Waals surface area contributed by atoms with Gasteiger partial charge in [0.25, 0.3) is 0 Å². The lowest BCUT2D eigenvalue weighted by Gasteiger charge is -2.13. The molecule has 252 valence electrons. The molecule has 0 spiro atoms. The smallest absolute Gasteiger partial charge is 0.160 e. The Balaban J connectivity index is 1.06. The van der Waals surface area contributed by atoms with E-state index in [1.54, 1.807) is 6.20 Å². The van der Waals surface area contributed by atoms with Crippen molar-refractivity contribution in [3.05, 3.63) is 200 Å². The fourth-order valence-electron chi connectivity index (χ4n) is 7.63. The average molecular weight is 688 g/mol. The van der Waals surface area contributed by atoms with Crippen LogP contribution < -0.4 is 0 Å². The summed E-state index contributed by atoms with van der Waals surface area (Å²) in [5, 5.41) is 7.49. The molecule has 0 fully saturated rings. The maximum Gasteiger partial charge on any atom is 0.160 e. The lowest BCUT2D eigenvalue weighted by atomic mass is 9.92. The van der Waals surface area contributed by atoms with Gasteiger partial charge in [0.2, 0.25) is 0 Å². The van der Waals surface area contributed by atoms with Crippen LogP contribution in [-0.2, 0) is 0 Å². The number of hydrogen-bond acceptors (Lipinski definition) is 3. The zero-order valence-corrected chi connectivity index (χ0v) is 29.4. The Hall–Kier alpha value is -7.23. The summed E-state index contributed by atoms with van der Waals surface area (Å²) < 4.78 is 0. The van der Waals surface area contributed by atoms with E-state index in [4.69, 9.17) is 9.97 Å². The van der Waals surface area contributed by atoms with Crippen LogP contribution in [0.25, 0.3) is 99.6 Å². The third-order valence-electron chi connectivity index (χ3n) is 10.4. The molecule has 8 aromatic carbocycles. The van der Waals surface area contributed by atoms with Gasteiger partial charge in [0.05, 0.1) is 11.4 Å². The molecule has 54 heavy (non-hydrogen) atoms. The SMILES string of the molecule is c1cncc(-c2ccc(-c3cc(-c4ccc(-c5cc6ccccc6c6ccccc56)cc4)nc(-c4ccc(-c5cccc6ccccc56)cc4)n3)cc2)c1. The first-order chi connectivity index (χ1) is 26.7. The van der Waals surface area contributed by atoms with Crippen LogP contribution in [0.15, 0.2) is 200 Å². The fourth-order valence-corrected chi connectivity index (χ4v) is 7.63. The van der Waals surface area contributed by atoms with Crippen LogP contribution in [0.5, 0.6) is 0 Å². The van der Waals surface area contributed by atoms with Crippen LogP contribution in [0, 0.1) is 0 Å². The van der Waals surface area contributed by atoms with Crippen LogP contribution in [0.2, 0.25) is 0 Å². The quantitative estimate of drug-likeness (QED) is 0.163. The van der Waals surface area contributed by atoms with Crippen LogP contribution in [0.1, 0.15) is 0 Å². The first-order valence-electron chi connectivity index (χ1n) is 18.2. The van der Waals surface area contributed by atoms with Gasteiger partial charge < -0.3 is 0 Å². The van der Waals surface area contributed by atoms with Gasteiger partial charge in [-0.1, -0.05) is 170 Å².